The lowest BCUT2D eigenvalue weighted by Gasteiger charge is -2.16. The van der Waals surface area contributed by atoms with E-state index in [4.69, 9.17) is 20.8 Å². The molecule has 0 radical (unpaired) electrons. The topological polar surface area (TPSA) is 93.9 Å². The number of sulfonamides is 1. The standard InChI is InChI=1S/C21H20ClNO6S/c1-3-14-4-9-18-15(11-20(24)29-19(18)10-14)13-28-21(25)12-23(2)30(26,27)17-7-5-16(22)6-8-17/h4-11H,3,12-13H2,1-2H3. The van der Waals surface area contributed by atoms with Crippen molar-refractivity contribution in [2.75, 3.05) is 13.6 Å². The minimum absolute atomic E-state index is 0.0144. The van der Waals surface area contributed by atoms with Crippen molar-refractivity contribution < 1.29 is 22.4 Å². The molecule has 0 bridgehead atoms. The highest BCUT2D eigenvalue weighted by molar-refractivity contribution is 7.89. The van der Waals surface area contributed by atoms with Crippen LogP contribution in [0.5, 0.6) is 0 Å². The number of carbonyl (C=O) groups excluding carboxylic acids is 1. The molecule has 0 spiro atoms. The summed E-state index contributed by atoms with van der Waals surface area (Å²) in [4.78, 5) is 24.1. The van der Waals surface area contributed by atoms with E-state index in [1.54, 1.807) is 12.1 Å². The lowest BCUT2D eigenvalue weighted by atomic mass is 10.1. The monoisotopic (exact) mass is 449 g/mol. The van der Waals surface area contributed by atoms with Crippen molar-refractivity contribution in [2.45, 2.75) is 24.8 Å². The summed E-state index contributed by atoms with van der Waals surface area (Å²) in [6.07, 6.45) is 0.785. The van der Waals surface area contributed by atoms with Crippen LogP contribution >= 0.6 is 11.6 Å². The zero-order valence-electron chi connectivity index (χ0n) is 16.4. The first-order valence-corrected chi connectivity index (χ1v) is 11.0. The van der Waals surface area contributed by atoms with Gasteiger partial charge in [-0.15, -0.1) is 0 Å². The van der Waals surface area contributed by atoms with Gasteiger partial charge in [-0.1, -0.05) is 30.7 Å². The van der Waals surface area contributed by atoms with E-state index in [1.807, 2.05) is 13.0 Å². The summed E-state index contributed by atoms with van der Waals surface area (Å²) < 4.78 is 36.4. The summed E-state index contributed by atoms with van der Waals surface area (Å²) in [5.41, 5.74) is 1.36. The van der Waals surface area contributed by atoms with Gasteiger partial charge in [0.25, 0.3) is 0 Å². The summed E-state index contributed by atoms with van der Waals surface area (Å²) >= 11 is 5.78. The van der Waals surface area contributed by atoms with Crippen molar-refractivity contribution >= 4 is 38.6 Å². The number of likely N-dealkylation sites (N-methyl/N-ethyl adjacent to an activating group) is 1. The number of halogens is 1. The summed E-state index contributed by atoms with van der Waals surface area (Å²) in [5, 5.41) is 1.06. The number of rotatable bonds is 7. The number of benzene rings is 2. The summed E-state index contributed by atoms with van der Waals surface area (Å²) in [5.74, 6) is -0.749. The second-order valence-corrected chi connectivity index (χ2v) is 9.13. The molecule has 0 aliphatic heterocycles. The maximum absolute atomic E-state index is 12.6. The predicted molar refractivity (Wildman–Crippen MR) is 113 cm³/mol. The molecule has 0 saturated carbocycles. The molecule has 9 heteroatoms. The van der Waals surface area contributed by atoms with Crippen molar-refractivity contribution in [3.63, 3.8) is 0 Å². The normalized spacial score (nSPS) is 11.7. The summed E-state index contributed by atoms with van der Waals surface area (Å²) in [7, 11) is -2.59. The first-order chi connectivity index (χ1) is 14.2. The molecule has 1 aromatic heterocycles. The van der Waals surface area contributed by atoms with Gasteiger partial charge in [0.1, 0.15) is 18.7 Å². The smallest absolute Gasteiger partial charge is 0.336 e. The first kappa shape index (κ1) is 22.0. The zero-order valence-corrected chi connectivity index (χ0v) is 18.0. The van der Waals surface area contributed by atoms with E-state index in [1.165, 1.54) is 37.4 Å². The number of esters is 1. The average molecular weight is 450 g/mol. The molecule has 7 nitrogen and oxygen atoms in total. The molecule has 0 aliphatic rings. The van der Waals surface area contributed by atoms with Gasteiger partial charge in [0.15, 0.2) is 0 Å². The largest absolute Gasteiger partial charge is 0.460 e. The Kier molecular flexibility index (Phi) is 6.60. The van der Waals surface area contributed by atoms with E-state index in [0.717, 1.165) is 16.3 Å². The fourth-order valence-corrected chi connectivity index (χ4v) is 4.11. The molecular weight excluding hydrogens is 430 g/mol. The Labute approximate surface area is 178 Å². The molecule has 3 aromatic rings. The van der Waals surface area contributed by atoms with Gasteiger partial charge in [-0.25, -0.2) is 13.2 Å². The van der Waals surface area contributed by atoms with Crippen LogP contribution in [-0.4, -0.2) is 32.3 Å². The molecule has 1 heterocycles. The summed E-state index contributed by atoms with van der Waals surface area (Å²) in [6, 6.07) is 12.4. The van der Waals surface area contributed by atoms with Gasteiger partial charge in [0.05, 0.1) is 4.90 Å². The van der Waals surface area contributed by atoms with Crippen LogP contribution in [-0.2, 0) is 32.6 Å². The number of carbonyl (C=O) groups is 1. The quantitative estimate of drug-likeness (QED) is 0.405. The number of fused-ring (bicyclic) bond motifs is 1. The zero-order chi connectivity index (χ0) is 21.9. The van der Waals surface area contributed by atoms with E-state index in [2.05, 4.69) is 0 Å². The molecule has 0 unspecified atom stereocenters. The molecule has 2 aromatic carbocycles. The minimum Gasteiger partial charge on any atom is -0.460 e. The molecule has 0 fully saturated rings. The molecule has 0 aliphatic carbocycles. The Morgan fingerprint density at radius 1 is 1.13 bits per heavy atom. The number of nitrogens with zero attached hydrogens (tertiary/aromatic N) is 1. The molecular formula is C21H20ClNO6S. The van der Waals surface area contributed by atoms with Crippen LogP contribution in [0.4, 0.5) is 0 Å². The molecule has 30 heavy (non-hydrogen) atoms. The third kappa shape index (κ3) is 4.89. The second kappa shape index (κ2) is 8.99. The molecule has 3 rings (SSSR count). The van der Waals surface area contributed by atoms with Crippen LogP contribution in [0.3, 0.4) is 0 Å². The van der Waals surface area contributed by atoms with Crippen molar-refractivity contribution in [1.29, 1.82) is 0 Å². The van der Waals surface area contributed by atoms with Gasteiger partial charge in [-0.3, -0.25) is 4.79 Å². The number of ether oxygens (including phenoxy) is 1. The Bertz CT molecular complexity index is 1230. The minimum atomic E-state index is -3.87. The van der Waals surface area contributed by atoms with Crippen LogP contribution in [0, 0.1) is 0 Å². The van der Waals surface area contributed by atoms with Crippen molar-refractivity contribution in [3.05, 3.63) is 75.1 Å². The van der Waals surface area contributed by atoms with Gasteiger partial charge in [-0.05, 0) is 42.3 Å². The predicted octanol–water partition coefficient (Wildman–Crippen LogP) is 3.37. The molecule has 0 N–H and O–H groups in total. The fourth-order valence-electron chi connectivity index (χ4n) is 2.87. The van der Waals surface area contributed by atoms with Crippen molar-refractivity contribution in [1.82, 2.24) is 4.31 Å². The van der Waals surface area contributed by atoms with E-state index >= 15 is 0 Å². The molecule has 0 amide bonds. The van der Waals surface area contributed by atoms with Crippen LogP contribution in [0.15, 0.2) is 62.6 Å². The summed E-state index contributed by atoms with van der Waals surface area (Å²) in [6.45, 7) is 1.32. The van der Waals surface area contributed by atoms with Gasteiger partial charge < -0.3 is 9.15 Å². The van der Waals surface area contributed by atoms with Crippen LogP contribution < -0.4 is 5.63 Å². The van der Waals surface area contributed by atoms with E-state index in [0.29, 0.717) is 21.6 Å². The number of hydrogen-bond donors (Lipinski definition) is 0. The van der Waals surface area contributed by atoms with Crippen molar-refractivity contribution in [2.24, 2.45) is 0 Å². The van der Waals surface area contributed by atoms with Crippen molar-refractivity contribution in [3.8, 4) is 0 Å². The highest BCUT2D eigenvalue weighted by atomic mass is 35.5. The van der Waals surface area contributed by atoms with Crippen LogP contribution in [0.2, 0.25) is 5.02 Å². The number of aryl methyl sites for hydroxylation is 1. The molecule has 158 valence electrons. The maximum atomic E-state index is 12.6. The lowest BCUT2D eigenvalue weighted by molar-refractivity contribution is -0.144. The Hall–Kier alpha value is -2.68. The fraction of sp³-hybridized carbons (Fsp3) is 0.238. The average Bonchev–Trinajstić information content (AvgIpc) is 2.71. The van der Waals surface area contributed by atoms with Crippen LogP contribution in [0.1, 0.15) is 18.1 Å². The maximum Gasteiger partial charge on any atom is 0.336 e. The molecule has 0 atom stereocenters. The second-order valence-electron chi connectivity index (χ2n) is 6.65. The third-order valence-corrected chi connectivity index (χ3v) is 6.63. The highest BCUT2D eigenvalue weighted by Crippen LogP contribution is 2.20. The van der Waals surface area contributed by atoms with Gasteiger partial charge in [0, 0.05) is 29.1 Å². The highest BCUT2D eigenvalue weighted by Gasteiger charge is 2.23. The lowest BCUT2D eigenvalue weighted by Crippen LogP contribution is -2.33. The van der Waals surface area contributed by atoms with E-state index in [-0.39, 0.29) is 11.5 Å². The van der Waals surface area contributed by atoms with Gasteiger partial charge >= 0.3 is 11.6 Å². The van der Waals surface area contributed by atoms with E-state index in [9.17, 15) is 18.0 Å². The Balaban J connectivity index is 1.71. The first-order valence-electron chi connectivity index (χ1n) is 9.14. The van der Waals surface area contributed by atoms with Crippen LogP contribution in [0.25, 0.3) is 11.0 Å². The number of hydrogen-bond acceptors (Lipinski definition) is 6. The molecule has 0 saturated heterocycles. The van der Waals surface area contributed by atoms with E-state index < -0.39 is 28.2 Å². The van der Waals surface area contributed by atoms with Gasteiger partial charge in [-0.2, -0.15) is 4.31 Å². The Morgan fingerprint density at radius 2 is 1.83 bits per heavy atom. The Morgan fingerprint density at radius 3 is 2.50 bits per heavy atom. The SMILES string of the molecule is CCc1ccc2c(COC(=O)CN(C)S(=O)(=O)c3ccc(Cl)cc3)cc(=O)oc2c1. The third-order valence-electron chi connectivity index (χ3n) is 4.57. The van der Waals surface area contributed by atoms with Gasteiger partial charge in [0.2, 0.25) is 10.0 Å².